The van der Waals surface area contributed by atoms with E-state index in [1.165, 1.54) is 0 Å². The van der Waals surface area contributed by atoms with E-state index in [1.807, 2.05) is 49.4 Å². The first-order valence-electron chi connectivity index (χ1n) is 10.5. The molecule has 0 atom stereocenters. The van der Waals surface area contributed by atoms with Gasteiger partial charge in [0.15, 0.2) is 0 Å². The third-order valence-electron chi connectivity index (χ3n) is 4.73. The van der Waals surface area contributed by atoms with Crippen molar-refractivity contribution in [2.45, 2.75) is 6.92 Å². The highest BCUT2D eigenvalue weighted by Crippen LogP contribution is 2.23. The second-order valence-electron chi connectivity index (χ2n) is 6.96. The molecule has 0 aromatic heterocycles. The van der Waals surface area contributed by atoms with Crippen molar-refractivity contribution in [1.29, 1.82) is 0 Å². The van der Waals surface area contributed by atoms with Crippen LogP contribution in [0.25, 0.3) is 0 Å². The summed E-state index contributed by atoms with van der Waals surface area (Å²) < 4.78 is 5.56. The van der Waals surface area contributed by atoms with Gasteiger partial charge in [0.1, 0.15) is 12.4 Å². The van der Waals surface area contributed by atoms with Gasteiger partial charge in [0.2, 0.25) is 5.91 Å². The fourth-order valence-corrected chi connectivity index (χ4v) is 3.16. The maximum Gasteiger partial charge on any atom is 0.258 e. The second-order valence-corrected chi connectivity index (χ2v) is 6.96. The minimum Gasteiger partial charge on any atom is -0.487 e. The summed E-state index contributed by atoms with van der Waals surface area (Å²) in [5.41, 5.74) is 2.79. The summed E-state index contributed by atoms with van der Waals surface area (Å²) in [6.45, 7) is 6.58. The average Bonchev–Trinajstić information content (AvgIpc) is 2.83. The molecule has 0 spiro atoms. The Kier molecular flexibility index (Phi) is 8.03. The summed E-state index contributed by atoms with van der Waals surface area (Å²) in [6, 6.07) is 23.9. The van der Waals surface area contributed by atoms with Crippen LogP contribution in [0.5, 0.6) is 5.75 Å². The second kappa shape index (κ2) is 11.4. The minimum absolute atomic E-state index is 0.0703. The van der Waals surface area contributed by atoms with Crippen LogP contribution >= 0.6 is 0 Å². The van der Waals surface area contributed by atoms with E-state index in [1.54, 1.807) is 47.4 Å². The van der Waals surface area contributed by atoms with Crippen LogP contribution < -0.4 is 20.3 Å². The lowest BCUT2D eigenvalue weighted by Gasteiger charge is -2.21. The van der Waals surface area contributed by atoms with E-state index in [2.05, 4.69) is 17.2 Å². The Balaban J connectivity index is 1.57. The van der Waals surface area contributed by atoms with Crippen LogP contribution in [-0.4, -0.2) is 31.5 Å². The quantitative estimate of drug-likeness (QED) is 0.447. The van der Waals surface area contributed by atoms with E-state index in [9.17, 15) is 9.59 Å². The Hall–Kier alpha value is -4.06. The topological polar surface area (TPSA) is 70.7 Å². The van der Waals surface area contributed by atoms with Gasteiger partial charge in [-0.15, -0.1) is 0 Å². The molecular weight excluding hydrogens is 402 g/mol. The number of anilines is 3. The molecule has 3 aromatic carbocycles. The highest BCUT2D eigenvalue weighted by molar-refractivity contribution is 6.06. The number of para-hydroxylation sites is 3. The van der Waals surface area contributed by atoms with Crippen molar-refractivity contribution in [1.82, 2.24) is 0 Å². The Morgan fingerprint density at radius 3 is 2.34 bits per heavy atom. The van der Waals surface area contributed by atoms with E-state index in [-0.39, 0.29) is 18.4 Å². The van der Waals surface area contributed by atoms with Crippen molar-refractivity contribution in [3.8, 4) is 5.75 Å². The summed E-state index contributed by atoms with van der Waals surface area (Å²) in [4.78, 5) is 27.0. The van der Waals surface area contributed by atoms with Crippen LogP contribution in [0.1, 0.15) is 17.3 Å². The molecule has 0 radical (unpaired) electrons. The van der Waals surface area contributed by atoms with E-state index in [0.29, 0.717) is 30.2 Å². The fraction of sp³-hybridized carbons (Fsp3) is 0.154. The number of hydrogen-bond acceptors (Lipinski definition) is 4. The number of benzene rings is 3. The fourth-order valence-electron chi connectivity index (χ4n) is 3.16. The van der Waals surface area contributed by atoms with Crippen molar-refractivity contribution >= 4 is 28.9 Å². The molecule has 6 nitrogen and oxygen atoms in total. The van der Waals surface area contributed by atoms with Crippen molar-refractivity contribution in [2.75, 3.05) is 35.2 Å². The number of carbonyl (C=O) groups excluding carboxylic acids is 2. The number of nitrogens with one attached hydrogen (secondary N) is 2. The Labute approximate surface area is 188 Å². The number of hydrogen-bond donors (Lipinski definition) is 2. The lowest BCUT2D eigenvalue weighted by atomic mass is 10.1. The Morgan fingerprint density at radius 1 is 0.969 bits per heavy atom. The molecule has 2 amide bonds. The van der Waals surface area contributed by atoms with E-state index in [0.717, 1.165) is 11.4 Å². The largest absolute Gasteiger partial charge is 0.487 e. The lowest BCUT2D eigenvalue weighted by Crippen LogP contribution is -2.30. The highest BCUT2D eigenvalue weighted by atomic mass is 16.5. The molecule has 0 aliphatic rings. The zero-order valence-corrected chi connectivity index (χ0v) is 18.1. The van der Waals surface area contributed by atoms with E-state index in [4.69, 9.17) is 4.74 Å². The van der Waals surface area contributed by atoms with Gasteiger partial charge < -0.3 is 20.3 Å². The van der Waals surface area contributed by atoms with Crippen molar-refractivity contribution in [3.63, 3.8) is 0 Å². The molecule has 0 saturated heterocycles. The van der Waals surface area contributed by atoms with Crippen LogP contribution in [0.15, 0.2) is 91.5 Å². The predicted molar refractivity (Wildman–Crippen MR) is 129 cm³/mol. The molecule has 0 saturated carbocycles. The molecule has 0 fully saturated rings. The van der Waals surface area contributed by atoms with Crippen molar-refractivity contribution in [2.24, 2.45) is 0 Å². The van der Waals surface area contributed by atoms with Crippen LogP contribution in [0.2, 0.25) is 0 Å². The highest BCUT2D eigenvalue weighted by Gasteiger charge is 2.15. The van der Waals surface area contributed by atoms with Gasteiger partial charge in [-0.2, -0.15) is 0 Å². The average molecular weight is 430 g/mol. The lowest BCUT2D eigenvalue weighted by molar-refractivity contribution is -0.114. The number of amides is 2. The Morgan fingerprint density at radius 2 is 1.66 bits per heavy atom. The smallest absolute Gasteiger partial charge is 0.258 e. The minimum atomic E-state index is -0.207. The third-order valence-corrected chi connectivity index (χ3v) is 4.73. The monoisotopic (exact) mass is 429 g/mol. The molecule has 3 rings (SSSR count). The molecular formula is C26H27N3O3. The molecule has 3 aromatic rings. The van der Waals surface area contributed by atoms with Gasteiger partial charge in [-0.3, -0.25) is 9.59 Å². The summed E-state index contributed by atoms with van der Waals surface area (Å²) in [7, 11) is 0. The number of ether oxygens (including phenoxy) is 1. The third kappa shape index (κ3) is 5.98. The maximum absolute atomic E-state index is 12.9. The first-order valence-corrected chi connectivity index (χ1v) is 10.5. The van der Waals surface area contributed by atoms with Crippen LogP contribution in [-0.2, 0) is 4.79 Å². The summed E-state index contributed by atoms with van der Waals surface area (Å²) in [6.07, 6.45) is 1.65. The van der Waals surface area contributed by atoms with Crippen molar-refractivity contribution < 1.29 is 14.3 Å². The van der Waals surface area contributed by atoms with Gasteiger partial charge in [-0.25, -0.2) is 0 Å². The summed E-state index contributed by atoms with van der Waals surface area (Å²) in [5, 5.41) is 5.91. The van der Waals surface area contributed by atoms with Gasteiger partial charge in [-0.05, 0) is 55.5 Å². The normalized spacial score (nSPS) is 10.2. The van der Waals surface area contributed by atoms with Gasteiger partial charge in [-0.1, -0.05) is 43.0 Å². The zero-order valence-electron chi connectivity index (χ0n) is 18.1. The summed E-state index contributed by atoms with van der Waals surface area (Å²) >= 11 is 0. The molecule has 2 N–H and O–H groups in total. The number of nitrogens with zero attached hydrogens (tertiary/aromatic N) is 1. The van der Waals surface area contributed by atoms with Gasteiger partial charge in [0, 0.05) is 23.5 Å². The molecule has 0 heterocycles. The zero-order chi connectivity index (χ0) is 22.8. The standard InChI is InChI=1S/C26H27N3O3/c1-3-18-32-24-13-9-8-12-23(24)28-25(30)19-27-21-16-14-20(15-17-21)26(31)29(4-2)22-10-6-5-7-11-22/h3,5-17,27H,1,4,18-19H2,2H3,(H,28,30). The van der Waals surface area contributed by atoms with Gasteiger partial charge >= 0.3 is 0 Å². The van der Waals surface area contributed by atoms with Crippen LogP contribution in [0.4, 0.5) is 17.1 Å². The molecule has 6 heteroatoms. The number of rotatable bonds is 10. The first-order chi connectivity index (χ1) is 15.6. The molecule has 0 aliphatic carbocycles. The van der Waals surface area contributed by atoms with Crippen LogP contribution in [0, 0.1) is 0 Å². The van der Waals surface area contributed by atoms with Crippen LogP contribution in [0.3, 0.4) is 0 Å². The predicted octanol–water partition coefficient (Wildman–Crippen LogP) is 4.97. The summed E-state index contributed by atoms with van der Waals surface area (Å²) in [5.74, 6) is 0.308. The maximum atomic E-state index is 12.9. The molecule has 0 bridgehead atoms. The van der Waals surface area contributed by atoms with Gasteiger partial charge in [0.25, 0.3) is 5.91 Å². The van der Waals surface area contributed by atoms with E-state index < -0.39 is 0 Å². The van der Waals surface area contributed by atoms with Gasteiger partial charge in [0.05, 0.1) is 12.2 Å². The molecule has 32 heavy (non-hydrogen) atoms. The molecule has 0 unspecified atom stereocenters. The van der Waals surface area contributed by atoms with Crippen molar-refractivity contribution in [3.05, 3.63) is 97.1 Å². The molecule has 0 aliphatic heterocycles. The number of carbonyl (C=O) groups is 2. The Bertz CT molecular complexity index is 1050. The molecule has 164 valence electrons. The SMILES string of the molecule is C=CCOc1ccccc1NC(=O)CNc1ccc(C(=O)N(CC)c2ccccc2)cc1. The first kappa shape index (κ1) is 22.6. The van der Waals surface area contributed by atoms with E-state index >= 15 is 0 Å².